The number of aromatic nitrogens is 2. The van der Waals surface area contributed by atoms with Crippen LogP contribution in [0.15, 0.2) is 170 Å². The molecule has 9 aromatic rings. The highest BCUT2D eigenvalue weighted by Crippen LogP contribution is 2.51. The molecule has 8 aromatic carbocycles. The quantitative estimate of drug-likeness (QED) is 0.189. The first-order chi connectivity index (χ1) is 25.0. The van der Waals surface area contributed by atoms with Crippen LogP contribution in [0.3, 0.4) is 0 Å². The number of hydrogen-bond acceptors (Lipinski definition) is 2. The van der Waals surface area contributed by atoms with Crippen LogP contribution >= 0.6 is 0 Å². The van der Waals surface area contributed by atoms with Gasteiger partial charge in [0, 0.05) is 22.1 Å². The molecule has 1 heterocycles. The minimum Gasteiger partial charge on any atom is -0.228 e. The summed E-state index contributed by atoms with van der Waals surface area (Å²) < 4.78 is 0. The van der Waals surface area contributed by atoms with Gasteiger partial charge in [0.15, 0.2) is 5.82 Å². The van der Waals surface area contributed by atoms with E-state index in [0.29, 0.717) is 0 Å². The molecule has 0 unspecified atom stereocenters. The topological polar surface area (TPSA) is 25.8 Å². The largest absolute Gasteiger partial charge is 0.228 e. The molecule has 1 aromatic heterocycles. The van der Waals surface area contributed by atoms with E-state index in [2.05, 4.69) is 178 Å². The maximum Gasteiger partial charge on any atom is 0.161 e. The molecule has 0 aliphatic heterocycles. The fourth-order valence-electron chi connectivity index (χ4n) is 8.26. The van der Waals surface area contributed by atoms with Gasteiger partial charge < -0.3 is 0 Å². The lowest BCUT2D eigenvalue weighted by Crippen LogP contribution is -2.14. The van der Waals surface area contributed by atoms with Gasteiger partial charge in [-0.2, -0.15) is 0 Å². The number of fused-ring (bicyclic) bond motifs is 6. The van der Waals surface area contributed by atoms with Crippen molar-refractivity contribution in [3.05, 3.63) is 181 Å². The first-order valence-electron chi connectivity index (χ1n) is 17.7. The van der Waals surface area contributed by atoms with Crippen molar-refractivity contribution in [2.75, 3.05) is 0 Å². The summed E-state index contributed by atoms with van der Waals surface area (Å²) in [6, 6.07) is 61.2. The highest BCUT2D eigenvalue weighted by Gasteiger charge is 2.36. The van der Waals surface area contributed by atoms with Crippen molar-refractivity contribution in [2.24, 2.45) is 0 Å². The predicted octanol–water partition coefficient (Wildman–Crippen LogP) is 12.9. The van der Waals surface area contributed by atoms with Crippen molar-refractivity contribution >= 4 is 32.3 Å². The molecule has 10 rings (SSSR count). The second kappa shape index (κ2) is 11.3. The summed E-state index contributed by atoms with van der Waals surface area (Å²) in [5.74, 6) is 0.721. The minimum absolute atomic E-state index is 0.0674. The molecule has 0 saturated carbocycles. The SMILES string of the molecule is CC1(C)c2ccc(-c3ccc(-c4nc(-c5ccccc5)cc(-c5cccc6ccccc56)n4)c4ccccc34)cc2-c2cc3ccccc3cc21. The zero-order chi connectivity index (χ0) is 34.1. The molecule has 51 heavy (non-hydrogen) atoms. The summed E-state index contributed by atoms with van der Waals surface area (Å²) in [7, 11) is 0. The van der Waals surface area contributed by atoms with Crippen molar-refractivity contribution in [3.63, 3.8) is 0 Å². The zero-order valence-corrected chi connectivity index (χ0v) is 28.6. The summed E-state index contributed by atoms with van der Waals surface area (Å²) in [6.45, 7) is 4.71. The maximum absolute atomic E-state index is 5.30. The number of hydrogen-bond donors (Lipinski definition) is 0. The molecule has 0 bridgehead atoms. The van der Waals surface area contributed by atoms with Gasteiger partial charge >= 0.3 is 0 Å². The molecule has 0 amide bonds. The number of benzene rings is 8. The van der Waals surface area contributed by atoms with Crippen LogP contribution in [0, 0.1) is 0 Å². The number of nitrogens with zero attached hydrogens (tertiary/aromatic N) is 2. The molecule has 0 fully saturated rings. The van der Waals surface area contributed by atoms with Crippen molar-refractivity contribution in [1.82, 2.24) is 9.97 Å². The first kappa shape index (κ1) is 29.5. The van der Waals surface area contributed by atoms with Crippen molar-refractivity contribution < 1.29 is 0 Å². The second-order valence-corrected chi connectivity index (χ2v) is 14.2. The third kappa shape index (κ3) is 4.71. The Labute approximate surface area is 297 Å². The van der Waals surface area contributed by atoms with Gasteiger partial charge in [0.25, 0.3) is 0 Å². The maximum atomic E-state index is 5.30. The fraction of sp³-hybridized carbons (Fsp3) is 0.0612. The summed E-state index contributed by atoms with van der Waals surface area (Å²) in [6.07, 6.45) is 0. The van der Waals surface area contributed by atoms with E-state index in [0.717, 1.165) is 39.3 Å². The van der Waals surface area contributed by atoms with Gasteiger partial charge in [-0.15, -0.1) is 0 Å². The lowest BCUT2D eigenvalue weighted by atomic mass is 9.81. The van der Waals surface area contributed by atoms with E-state index in [9.17, 15) is 0 Å². The van der Waals surface area contributed by atoms with E-state index in [-0.39, 0.29) is 5.41 Å². The monoisotopic (exact) mass is 650 g/mol. The Balaban J connectivity index is 1.16. The Morgan fingerprint density at radius 2 is 0.961 bits per heavy atom. The van der Waals surface area contributed by atoms with Crippen LogP contribution in [0.5, 0.6) is 0 Å². The van der Waals surface area contributed by atoms with E-state index >= 15 is 0 Å². The highest BCUT2D eigenvalue weighted by molar-refractivity contribution is 6.05. The highest BCUT2D eigenvalue weighted by atomic mass is 14.9. The lowest BCUT2D eigenvalue weighted by Gasteiger charge is -2.22. The Morgan fingerprint density at radius 1 is 0.353 bits per heavy atom. The number of rotatable bonds is 4. The van der Waals surface area contributed by atoms with E-state index in [1.54, 1.807) is 0 Å². The molecule has 1 aliphatic carbocycles. The standard InChI is InChI=1S/C49H34N2/c1-49(2)44-26-23-35(28-42(44)43-27-33-16-6-7-17-34(33)29-45(43)49)37-24-25-41(39-21-11-10-20-38(37)39)48-50-46(32-14-4-3-5-15-32)30-47(51-48)40-22-12-18-31-13-8-9-19-36(31)40/h3-30H,1-2H3. The second-order valence-electron chi connectivity index (χ2n) is 14.2. The Bertz CT molecular complexity index is 2820. The Kier molecular flexibility index (Phi) is 6.56. The fourth-order valence-corrected chi connectivity index (χ4v) is 8.26. The summed E-state index contributed by atoms with van der Waals surface area (Å²) in [4.78, 5) is 10.5. The molecule has 1 aliphatic rings. The summed E-state index contributed by atoms with van der Waals surface area (Å²) in [5.41, 5.74) is 12.8. The minimum atomic E-state index is -0.0674. The van der Waals surface area contributed by atoms with Crippen LogP contribution < -0.4 is 0 Å². The van der Waals surface area contributed by atoms with Gasteiger partial charge in [-0.25, -0.2) is 9.97 Å². The van der Waals surface area contributed by atoms with Crippen LogP contribution in [0.2, 0.25) is 0 Å². The summed E-state index contributed by atoms with van der Waals surface area (Å²) >= 11 is 0. The third-order valence-electron chi connectivity index (χ3n) is 10.9. The van der Waals surface area contributed by atoms with Gasteiger partial charge in [0.05, 0.1) is 11.4 Å². The molecular weight excluding hydrogens is 617 g/mol. The first-order valence-corrected chi connectivity index (χ1v) is 17.7. The molecule has 2 nitrogen and oxygen atoms in total. The van der Waals surface area contributed by atoms with E-state index in [1.165, 1.54) is 60.3 Å². The molecular formula is C49H34N2. The van der Waals surface area contributed by atoms with Crippen molar-refractivity contribution in [2.45, 2.75) is 19.3 Å². The average molecular weight is 651 g/mol. The van der Waals surface area contributed by atoms with E-state index in [4.69, 9.17) is 9.97 Å². The van der Waals surface area contributed by atoms with E-state index in [1.807, 2.05) is 6.07 Å². The van der Waals surface area contributed by atoms with Crippen molar-refractivity contribution in [3.8, 4) is 56.2 Å². The molecule has 0 radical (unpaired) electrons. The smallest absolute Gasteiger partial charge is 0.161 e. The van der Waals surface area contributed by atoms with Gasteiger partial charge in [-0.1, -0.05) is 153 Å². The molecule has 0 N–H and O–H groups in total. The normalized spacial score (nSPS) is 13.1. The van der Waals surface area contributed by atoms with Gasteiger partial charge in [-0.3, -0.25) is 0 Å². The van der Waals surface area contributed by atoms with E-state index < -0.39 is 0 Å². The Morgan fingerprint density at radius 3 is 1.76 bits per heavy atom. The van der Waals surface area contributed by atoms with Crippen LogP contribution in [0.1, 0.15) is 25.0 Å². The van der Waals surface area contributed by atoms with Crippen LogP contribution in [-0.2, 0) is 5.41 Å². The van der Waals surface area contributed by atoms with Gasteiger partial charge in [0.2, 0.25) is 0 Å². The predicted molar refractivity (Wildman–Crippen MR) is 214 cm³/mol. The molecule has 0 spiro atoms. The third-order valence-corrected chi connectivity index (χ3v) is 10.9. The molecule has 0 saturated heterocycles. The average Bonchev–Trinajstić information content (AvgIpc) is 3.40. The molecule has 0 atom stereocenters. The summed E-state index contributed by atoms with van der Waals surface area (Å²) in [5, 5.41) is 7.27. The van der Waals surface area contributed by atoms with Crippen LogP contribution in [-0.4, -0.2) is 9.97 Å². The van der Waals surface area contributed by atoms with Crippen LogP contribution in [0.4, 0.5) is 0 Å². The molecule has 240 valence electrons. The lowest BCUT2D eigenvalue weighted by molar-refractivity contribution is 0.661. The van der Waals surface area contributed by atoms with Gasteiger partial charge in [0.1, 0.15) is 0 Å². The Hall–Kier alpha value is -6.38. The molecule has 2 heteroatoms. The van der Waals surface area contributed by atoms with Crippen LogP contribution in [0.25, 0.3) is 88.5 Å². The van der Waals surface area contributed by atoms with Gasteiger partial charge in [-0.05, 0) is 96.0 Å². The zero-order valence-electron chi connectivity index (χ0n) is 28.6. The van der Waals surface area contributed by atoms with Crippen molar-refractivity contribution in [1.29, 1.82) is 0 Å².